The number of nitrogens with zero attached hydrogens (tertiary/aromatic N) is 2. The quantitative estimate of drug-likeness (QED) is 0.540. The molecule has 2 aromatic rings. The first-order valence-electron chi connectivity index (χ1n) is 10.6. The molecule has 0 aromatic heterocycles. The normalized spacial score (nSPS) is 13.0. The van der Waals surface area contributed by atoms with Crippen molar-refractivity contribution in [1.82, 2.24) is 15.5 Å². The van der Waals surface area contributed by atoms with Crippen molar-refractivity contribution in [3.05, 3.63) is 58.7 Å². The summed E-state index contributed by atoms with van der Waals surface area (Å²) >= 11 is 0. The van der Waals surface area contributed by atoms with Gasteiger partial charge in [-0.25, -0.2) is 0 Å². The molecule has 3 amide bonds. The third kappa shape index (κ3) is 5.44. The second kappa shape index (κ2) is 11.2. The molecule has 0 radical (unpaired) electrons. The van der Waals surface area contributed by atoms with Crippen molar-refractivity contribution in [2.45, 2.75) is 26.2 Å². The highest BCUT2D eigenvalue weighted by atomic mass is 16.5. The van der Waals surface area contributed by atoms with Crippen LogP contribution in [0.15, 0.2) is 36.4 Å². The van der Waals surface area contributed by atoms with E-state index in [1.165, 1.54) is 18.0 Å². The molecule has 0 saturated carbocycles. The van der Waals surface area contributed by atoms with Crippen LogP contribution in [0.3, 0.4) is 0 Å². The Morgan fingerprint density at radius 2 is 2.03 bits per heavy atom. The topological polar surface area (TPSA) is 130 Å². The van der Waals surface area contributed by atoms with Gasteiger partial charge in [-0.2, -0.15) is 5.26 Å². The van der Waals surface area contributed by atoms with E-state index < -0.39 is 12.1 Å². The predicted octanol–water partition coefficient (Wildman–Crippen LogP) is 1.33. The van der Waals surface area contributed by atoms with Crippen LogP contribution in [0.5, 0.6) is 11.5 Å². The molecular weight excluding hydrogens is 440 g/mol. The maximum atomic E-state index is 13.0. The monoisotopic (exact) mass is 466 g/mol. The molecule has 2 aromatic carbocycles. The zero-order valence-corrected chi connectivity index (χ0v) is 19.2. The first kappa shape index (κ1) is 24.5. The highest BCUT2D eigenvalue weighted by Crippen LogP contribution is 2.28. The van der Waals surface area contributed by atoms with E-state index in [4.69, 9.17) is 19.5 Å². The van der Waals surface area contributed by atoms with Gasteiger partial charge in [-0.05, 0) is 42.8 Å². The Morgan fingerprint density at radius 3 is 2.71 bits per heavy atom. The van der Waals surface area contributed by atoms with Crippen LogP contribution in [0.1, 0.15) is 34.0 Å². The second-order valence-electron chi connectivity index (χ2n) is 7.38. The molecule has 0 saturated heterocycles. The molecule has 0 bridgehead atoms. The molecule has 3 rings (SSSR count). The van der Waals surface area contributed by atoms with Crippen LogP contribution in [-0.2, 0) is 27.4 Å². The minimum atomic E-state index is -1.13. The number of amides is 3. The van der Waals surface area contributed by atoms with E-state index in [-0.39, 0.29) is 38.1 Å². The summed E-state index contributed by atoms with van der Waals surface area (Å²) in [4.78, 5) is 38.9. The van der Waals surface area contributed by atoms with Gasteiger partial charge < -0.3 is 29.7 Å². The lowest BCUT2D eigenvalue weighted by atomic mass is 10.1. The minimum Gasteiger partial charge on any atom is -0.497 e. The molecule has 1 unspecified atom stereocenters. The van der Waals surface area contributed by atoms with E-state index in [9.17, 15) is 14.4 Å². The van der Waals surface area contributed by atoms with Gasteiger partial charge in [0.25, 0.3) is 17.7 Å². The van der Waals surface area contributed by atoms with E-state index in [0.717, 1.165) is 5.56 Å². The van der Waals surface area contributed by atoms with Gasteiger partial charge in [0, 0.05) is 37.9 Å². The summed E-state index contributed by atoms with van der Waals surface area (Å²) in [7, 11) is 3.03. The van der Waals surface area contributed by atoms with Crippen molar-refractivity contribution in [3.63, 3.8) is 0 Å². The Hall–Kier alpha value is -4.10. The predicted molar refractivity (Wildman–Crippen MR) is 121 cm³/mol. The van der Waals surface area contributed by atoms with Gasteiger partial charge in [-0.1, -0.05) is 6.07 Å². The fourth-order valence-electron chi connectivity index (χ4n) is 3.49. The van der Waals surface area contributed by atoms with Gasteiger partial charge in [0.15, 0.2) is 6.61 Å². The summed E-state index contributed by atoms with van der Waals surface area (Å²) in [6.45, 7) is 1.97. The maximum absolute atomic E-state index is 13.0. The number of carbonyl (C=O) groups excluding carboxylic acids is 3. The second-order valence-corrected chi connectivity index (χ2v) is 7.38. The van der Waals surface area contributed by atoms with Gasteiger partial charge in [0.05, 0.1) is 18.7 Å². The van der Waals surface area contributed by atoms with Crippen molar-refractivity contribution >= 4 is 17.7 Å². The van der Waals surface area contributed by atoms with Gasteiger partial charge in [-0.15, -0.1) is 0 Å². The molecule has 10 heteroatoms. The SMILES string of the molecule is CCOC(C(=O)NCc1ccc(C#N)cc1OCC(=O)NC)N1Cc2cc(OC)ccc2C1=O. The number of carbonyl (C=O) groups is 3. The standard InChI is InChI=1S/C24H26N4O6/c1-4-33-24(28-13-17-10-18(32-3)7-8-19(17)23(28)31)22(30)27-12-16-6-5-15(11-25)9-20(16)34-14-21(29)26-2/h5-10,24H,4,12-14H2,1-3H3,(H,26,29)(H,27,30). The molecule has 0 aliphatic carbocycles. The summed E-state index contributed by atoms with van der Waals surface area (Å²) in [6, 6.07) is 11.9. The molecule has 1 aliphatic rings. The van der Waals surface area contributed by atoms with Crippen molar-refractivity contribution in [2.75, 3.05) is 27.4 Å². The van der Waals surface area contributed by atoms with E-state index in [0.29, 0.717) is 28.2 Å². The number of nitriles is 1. The first-order chi connectivity index (χ1) is 16.4. The maximum Gasteiger partial charge on any atom is 0.270 e. The van der Waals surface area contributed by atoms with Gasteiger partial charge in [-0.3, -0.25) is 14.4 Å². The molecule has 10 nitrogen and oxygen atoms in total. The van der Waals surface area contributed by atoms with Crippen LogP contribution in [0.2, 0.25) is 0 Å². The number of fused-ring (bicyclic) bond motifs is 1. The van der Waals surface area contributed by atoms with Gasteiger partial charge in [0.1, 0.15) is 11.5 Å². The molecule has 0 spiro atoms. The molecule has 2 N–H and O–H groups in total. The number of ether oxygens (including phenoxy) is 3. The molecule has 1 aliphatic heterocycles. The molecule has 0 fully saturated rings. The smallest absolute Gasteiger partial charge is 0.270 e. The van der Waals surface area contributed by atoms with Gasteiger partial charge >= 0.3 is 0 Å². The van der Waals surface area contributed by atoms with Gasteiger partial charge in [0.2, 0.25) is 6.23 Å². The van der Waals surface area contributed by atoms with Crippen molar-refractivity contribution in [1.29, 1.82) is 5.26 Å². The van der Waals surface area contributed by atoms with E-state index in [1.54, 1.807) is 44.4 Å². The van der Waals surface area contributed by atoms with Crippen LogP contribution in [0.25, 0.3) is 0 Å². The fourth-order valence-corrected chi connectivity index (χ4v) is 3.49. The molecule has 34 heavy (non-hydrogen) atoms. The first-order valence-corrected chi connectivity index (χ1v) is 10.6. The van der Waals surface area contributed by atoms with Crippen molar-refractivity contribution < 1.29 is 28.6 Å². The van der Waals surface area contributed by atoms with Crippen molar-refractivity contribution in [3.8, 4) is 17.6 Å². The summed E-state index contributed by atoms with van der Waals surface area (Å²) in [5.74, 6) is -0.225. The summed E-state index contributed by atoms with van der Waals surface area (Å²) in [5.41, 5.74) is 2.16. The van der Waals surface area contributed by atoms with Crippen LogP contribution in [-0.4, -0.2) is 56.2 Å². The van der Waals surface area contributed by atoms with E-state index in [1.807, 2.05) is 6.07 Å². The zero-order chi connectivity index (χ0) is 24.7. The van der Waals surface area contributed by atoms with E-state index in [2.05, 4.69) is 10.6 Å². The number of nitrogens with one attached hydrogen (secondary N) is 2. The molecule has 1 heterocycles. The Kier molecular flexibility index (Phi) is 8.05. The Bertz CT molecular complexity index is 1130. The van der Waals surface area contributed by atoms with E-state index >= 15 is 0 Å². The molecular formula is C24H26N4O6. The van der Waals surface area contributed by atoms with Crippen molar-refractivity contribution in [2.24, 2.45) is 0 Å². The largest absolute Gasteiger partial charge is 0.497 e. The number of hydrogen-bond acceptors (Lipinski definition) is 7. The van der Waals surface area contributed by atoms with Crippen LogP contribution in [0.4, 0.5) is 0 Å². The molecule has 1 atom stereocenters. The number of hydrogen-bond donors (Lipinski definition) is 2. The molecule has 178 valence electrons. The van der Waals surface area contributed by atoms with Crippen LogP contribution < -0.4 is 20.1 Å². The minimum absolute atomic E-state index is 0.0417. The summed E-state index contributed by atoms with van der Waals surface area (Å²) in [6.07, 6.45) is -1.13. The summed E-state index contributed by atoms with van der Waals surface area (Å²) < 4.78 is 16.4. The number of benzene rings is 2. The Labute approximate surface area is 197 Å². The lowest BCUT2D eigenvalue weighted by molar-refractivity contribution is -0.143. The van der Waals surface area contributed by atoms with Crippen LogP contribution >= 0.6 is 0 Å². The number of rotatable bonds is 10. The number of likely N-dealkylation sites (N-methyl/N-ethyl adjacent to an activating group) is 1. The fraction of sp³-hybridized carbons (Fsp3) is 0.333. The third-order valence-corrected chi connectivity index (χ3v) is 5.26. The third-order valence-electron chi connectivity index (χ3n) is 5.26. The zero-order valence-electron chi connectivity index (χ0n) is 19.2. The highest BCUT2D eigenvalue weighted by Gasteiger charge is 2.37. The average Bonchev–Trinajstić information content (AvgIpc) is 3.19. The lowest BCUT2D eigenvalue weighted by Crippen LogP contribution is -2.48. The summed E-state index contributed by atoms with van der Waals surface area (Å²) in [5, 5.41) is 14.4. The highest BCUT2D eigenvalue weighted by molar-refractivity contribution is 6.01. The number of methoxy groups -OCH3 is 1. The Balaban J connectivity index is 1.74. The Morgan fingerprint density at radius 1 is 1.24 bits per heavy atom. The van der Waals surface area contributed by atoms with Crippen LogP contribution in [0, 0.1) is 11.3 Å². The lowest BCUT2D eigenvalue weighted by Gasteiger charge is -2.26. The average molecular weight is 466 g/mol.